The van der Waals surface area contributed by atoms with Crippen molar-refractivity contribution in [2.45, 2.75) is 65.1 Å². The molecule has 0 N–H and O–H groups in total. The van der Waals surface area contributed by atoms with Crippen LogP contribution in [0.15, 0.2) is 60.7 Å². The standard InChI is InChI=1S/C25H32O4/c1-4-7-18-21(22(5-2)28-24(26)19-14-10-8-11-15-19)23(6-3)29-25(27)20-16-12-9-13-17-20/h8-17,21-23H,4-7,18H2,1-3H3. The fraction of sp³-hybridized carbons (Fsp3) is 0.440. The Hall–Kier alpha value is -2.62. The normalized spacial score (nSPS) is 13.9. The average Bonchev–Trinajstić information content (AvgIpc) is 2.78. The van der Waals surface area contributed by atoms with Crippen molar-refractivity contribution in [2.24, 2.45) is 5.92 Å². The quantitative estimate of drug-likeness (QED) is 0.433. The highest BCUT2D eigenvalue weighted by Crippen LogP contribution is 2.28. The van der Waals surface area contributed by atoms with E-state index in [1.807, 2.05) is 50.2 Å². The lowest BCUT2D eigenvalue weighted by Crippen LogP contribution is -2.37. The van der Waals surface area contributed by atoms with Crippen LogP contribution in [0.25, 0.3) is 0 Å². The Kier molecular flexibility index (Phi) is 9.42. The molecule has 0 amide bonds. The minimum absolute atomic E-state index is 0.0368. The molecule has 4 heteroatoms. The molecule has 2 aromatic carbocycles. The number of hydrogen-bond acceptors (Lipinski definition) is 4. The van der Waals surface area contributed by atoms with Gasteiger partial charge >= 0.3 is 11.9 Å². The van der Waals surface area contributed by atoms with Crippen molar-refractivity contribution in [1.82, 2.24) is 0 Å². The molecule has 0 saturated heterocycles. The molecule has 29 heavy (non-hydrogen) atoms. The number of unbranched alkanes of at least 4 members (excludes halogenated alkanes) is 1. The zero-order valence-corrected chi connectivity index (χ0v) is 17.7. The third-order valence-corrected chi connectivity index (χ3v) is 5.19. The number of ether oxygens (including phenoxy) is 2. The van der Waals surface area contributed by atoms with Gasteiger partial charge in [-0.05, 0) is 43.5 Å². The summed E-state index contributed by atoms with van der Waals surface area (Å²) in [5.74, 6) is -0.698. The molecule has 0 spiro atoms. The van der Waals surface area contributed by atoms with Gasteiger partial charge in [-0.2, -0.15) is 0 Å². The summed E-state index contributed by atoms with van der Waals surface area (Å²) in [7, 11) is 0. The van der Waals surface area contributed by atoms with Crippen LogP contribution in [0.2, 0.25) is 0 Å². The van der Waals surface area contributed by atoms with Crippen molar-refractivity contribution in [2.75, 3.05) is 0 Å². The number of esters is 2. The summed E-state index contributed by atoms with van der Waals surface area (Å²) in [4.78, 5) is 25.2. The molecule has 0 radical (unpaired) electrons. The van der Waals surface area contributed by atoms with Crippen LogP contribution in [-0.4, -0.2) is 24.1 Å². The first-order valence-electron chi connectivity index (χ1n) is 10.6. The Morgan fingerprint density at radius 2 is 1.14 bits per heavy atom. The lowest BCUT2D eigenvalue weighted by molar-refractivity contribution is -0.0380. The Labute approximate surface area is 174 Å². The molecule has 2 aromatic rings. The van der Waals surface area contributed by atoms with Gasteiger partial charge in [0.2, 0.25) is 0 Å². The minimum atomic E-state index is -0.330. The van der Waals surface area contributed by atoms with Gasteiger partial charge in [0.05, 0.1) is 11.1 Å². The van der Waals surface area contributed by atoms with Crippen LogP contribution in [0.3, 0.4) is 0 Å². The molecule has 4 nitrogen and oxygen atoms in total. The first-order chi connectivity index (χ1) is 14.1. The highest BCUT2D eigenvalue weighted by Gasteiger charge is 2.33. The van der Waals surface area contributed by atoms with Crippen molar-refractivity contribution >= 4 is 11.9 Å². The van der Waals surface area contributed by atoms with E-state index in [1.54, 1.807) is 24.3 Å². The second-order valence-corrected chi connectivity index (χ2v) is 7.24. The maximum absolute atomic E-state index is 12.6. The van der Waals surface area contributed by atoms with Crippen LogP contribution in [0.1, 0.15) is 73.6 Å². The van der Waals surface area contributed by atoms with Gasteiger partial charge in [0.1, 0.15) is 12.2 Å². The lowest BCUT2D eigenvalue weighted by atomic mass is 9.87. The summed E-state index contributed by atoms with van der Waals surface area (Å²) >= 11 is 0. The van der Waals surface area contributed by atoms with Gasteiger partial charge < -0.3 is 9.47 Å². The van der Waals surface area contributed by atoms with Crippen molar-refractivity contribution in [1.29, 1.82) is 0 Å². The lowest BCUT2D eigenvalue weighted by Gasteiger charge is -2.32. The molecule has 0 aliphatic carbocycles. The van der Waals surface area contributed by atoms with Crippen LogP contribution < -0.4 is 0 Å². The molecule has 2 unspecified atom stereocenters. The van der Waals surface area contributed by atoms with E-state index in [4.69, 9.17) is 9.47 Å². The largest absolute Gasteiger partial charge is 0.458 e. The smallest absolute Gasteiger partial charge is 0.338 e. The Morgan fingerprint density at radius 3 is 1.48 bits per heavy atom. The molecule has 0 bridgehead atoms. The van der Waals surface area contributed by atoms with E-state index in [9.17, 15) is 9.59 Å². The number of benzene rings is 2. The third-order valence-electron chi connectivity index (χ3n) is 5.19. The Balaban J connectivity index is 2.16. The first kappa shape index (κ1) is 22.7. The molecule has 0 fully saturated rings. The predicted molar refractivity (Wildman–Crippen MR) is 115 cm³/mol. The van der Waals surface area contributed by atoms with E-state index in [2.05, 4.69) is 6.92 Å². The monoisotopic (exact) mass is 396 g/mol. The van der Waals surface area contributed by atoms with Gasteiger partial charge in [-0.1, -0.05) is 70.0 Å². The number of rotatable bonds is 11. The topological polar surface area (TPSA) is 52.6 Å². The van der Waals surface area contributed by atoms with Gasteiger partial charge in [-0.3, -0.25) is 0 Å². The summed E-state index contributed by atoms with van der Waals surface area (Å²) in [6.07, 6.45) is 3.60. The van der Waals surface area contributed by atoms with Gasteiger partial charge in [0.25, 0.3) is 0 Å². The number of hydrogen-bond donors (Lipinski definition) is 0. The summed E-state index contributed by atoms with van der Waals surface area (Å²) in [6.45, 7) is 6.15. The zero-order valence-electron chi connectivity index (χ0n) is 17.7. The molecule has 0 saturated carbocycles. The SMILES string of the molecule is CCCCC(C(CC)OC(=O)c1ccccc1)C(CC)OC(=O)c1ccccc1. The van der Waals surface area contributed by atoms with E-state index in [1.165, 1.54) is 0 Å². The molecule has 2 atom stereocenters. The van der Waals surface area contributed by atoms with Crippen LogP contribution in [0.5, 0.6) is 0 Å². The van der Waals surface area contributed by atoms with E-state index in [0.29, 0.717) is 24.0 Å². The van der Waals surface area contributed by atoms with Gasteiger partial charge in [-0.25, -0.2) is 9.59 Å². The fourth-order valence-electron chi connectivity index (χ4n) is 3.56. The first-order valence-corrected chi connectivity index (χ1v) is 10.6. The maximum atomic E-state index is 12.6. The number of carbonyl (C=O) groups excluding carboxylic acids is 2. The molecule has 0 aromatic heterocycles. The molecule has 0 heterocycles. The highest BCUT2D eigenvalue weighted by molar-refractivity contribution is 5.90. The van der Waals surface area contributed by atoms with Gasteiger partial charge in [0.15, 0.2) is 0 Å². The van der Waals surface area contributed by atoms with E-state index >= 15 is 0 Å². The third kappa shape index (κ3) is 6.74. The van der Waals surface area contributed by atoms with Crippen molar-refractivity contribution in [3.05, 3.63) is 71.8 Å². The van der Waals surface area contributed by atoms with Crippen molar-refractivity contribution < 1.29 is 19.1 Å². The molecule has 0 aliphatic heterocycles. The summed E-state index contributed by atoms with van der Waals surface area (Å²) in [6, 6.07) is 18.0. The molecule has 2 rings (SSSR count). The summed E-state index contributed by atoms with van der Waals surface area (Å²) < 4.78 is 11.8. The van der Waals surface area contributed by atoms with Crippen LogP contribution >= 0.6 is 0 Å². The van der Waals surface area contributed by atoms with Crippen LogP contribution in [0, 0.1) is 5.92 Å². The summed E-state index contributed by atoms with van der Waals surface area (Å²) in [5, 5.41) is 0. The van der Waals surface area contributed by atoms with Crippen LogP contribution in [-0.2, 0) is 9.47 Å². The Bertz CT molecular complexity index is 680. The molecule has 156 valence electrons. The van der Waals surface area contributed by atoms with E-state index in [-0.39, 0.29) is 30.1 Å². The van der Waals surface area contributed by atoms with E-state index < -0.39 is 0 Å². The van der Waals surface area contributed by atoms with Crippen molar-refractivity contribution in [3.63, 3.8) is 0 Å². The number of carbonyl (C=O) groups is 2. The van der Waals surface area contributed by atoms with E-state index in [0.717, 1.165) is 19.3 Å². The van der Waals surface area contributed by atoms with Gasteiger partial charge in [-0.15, -0.1) is 0 Å². The maximum Gasteiger partial charge on any atom is 0.338 e. The van der Waals surface area contributed by atoms with Crippen LogP contribution in [0.4, 0.5) is 0 Å². The molecule has 0 aliphatic rings. The van der Waals surface area contributed by atoms with Gasteiger partial charge in [0, 0.05) is 5.92 Å². The Morgan fingerprint density at radius 1 is 0.724 bits per heavy atom. The highest BCUT2D eigenvalue weighted by atomic mass is 16.6. The fourth-order valence-corrected chi connectivity index (χ4v) is 3.56. The predicted octanol–water partition coefficient (Wildman–Crippen LogP) is 6.06. The second-order valence-electron chi connectivity index (χ2n) is 7.24. The average molecular weight is 397 g/mol. The summed E-state index contributed by atoms with van der Waals surface area (Å²) in [5.41, 5.74) is 1.07. The minimum Gasteiger partial charge on any atom is -0.458 e. The zero-order chi connectivity index (χ0) is 21.1. The second kappa shape index (κ2) is 12.1. The van der Waals surface area contributed by atoms with Crippen molar-refractivity contribution in [3.8, 4) is 0 Å². The molecular formula is C25H32O4. The molecular weight excluding hydrogens is 364 g/mol.